The van der Waals surface area contributed by atoms with Gasteiger partial charge in [0, 0.05) is 5.56 Å². The van der Waals surface area contributed by atoms with Crippen molar-refractivity contribution in [2.75, 3.05) is 6.54 Å². The predicted octanol–water partition coefficient (Wildman–Crippen LogP) is 2.60. The average Bonchev–Trinajstić information content (AvgIpc) is 2.53. The topological polar surface area (TPSA) is 58.2 Å². The lowest BCUT2D eigenvalue weighted by Gasteiger charge is -2.14. The Bertz CT molecular complexity index is 653. The molecule has 1 unspecified atom stereocenters. The van der Waals surface area contributed by atoms with Gasteiger partial charge in [-0.15, -0.1) is 0 Å². The van der Waals surface area contributed by atoms with Gasteiger partial charge >= 0.3 is 0 Å². The van der Waals surface area contributed by atoms with Crippen LogP contribution in [0.25, 0.3) is 0 Å². The molecule has 0 heterocycles. The Morgan fingerprint density at radius 3 is 2.45 bits per heavy atom. The average molecular weight is 296 g/mol. The lowest BCUT2D eigenvalue weighted by molar-refractivity contribution is -0.120. The summed E-state index contributed by atoms with van der Waals surface area (Å²) in [7, 11) is 0. The van der Waals surface area contributed by atoms with Crippen LogP contribution < -0.4 is 10.6 Å². The predicted molar refractivity (Wildman–Crippen MR) is 86.5 cm³/mol. The van der Waals surface area contributed by atoms with E-state index in [9.17, 15) is 9.59 Å². The van der Waals surface area contributed by atoms with Crippen LogP contribution in [0.2, 0.25) is 0 Å². The van der Waals surface area contributed by atoms with Crippen molar-refractivity contribution in [2.24, 2.45) is 0 Å². The molecule has 4 heteroatoms. The molecule has 4 nitrogen and oxygen atoms in total. The van der Waals surface area contributed by atoms with Crippen LogP contribution in [0.15, 0.2) is 54.6 Å². The van der Waals surface area contributed by atoms with Crippen molar-refractivity contribution in [1.82, 2.24) is 10.6 Å². The Hall–Kier alpha value is -2.62. The number of carbonyl (C=O) groups excluding carboxylic acids is 2. The van der Waals surface area contributed by atoms with E-state index < -0.39 is 0 Å². The number of nitrogens with one attached hydrogen (secondary N) is 2. The number of carbonyl (C=O) groups is 2. The van der Waals surface area contributed by atoms with E-state index in [1.54, 1.807) is 12.1 Å². The van der Waals surface area contributed by atoms with Crippen molar-refractivity contribution < 1.29 is 9.59 Å². The smallest absolute Gasteiger partial charge is 0.251 e. The van der Waals surface area contributed by atoms with Gasteiger partial charge in [-0.2, -0.15) is 0 Å². The highest BCUT2D eigenvalue weighted by Crippen LogP contribution is 2.10. The molecule has 2 aromatic carbocycles. The molecule has 0 fully saturated rings. The molecule has 0 saturated carbocycles. The summed E-state index contributed by atoms with van der Waals surface area (Å²) in [5, 5.41) is 5.49. The molecule has 2 rings (SSSR count). The Labute approximate surface area is 130 Å². The first-order valence-corrected chi connectivity index (χ1v) is 7.25. The maximum Gasteiger partial charge on any atom is 0.251 e. The summed E-state index contributed by atoms with van der Waals surface area (Å²) >= 11 is 0. The van der Waals surface area contributed by atoms with Gasteiger partial charge in [0.25, 0.3) is 5.91 Å². The van der Waals surface area contributed by atoms with E-state index in [1.165, 1.54) is 0 Å². The molecule has 0 spiro atoms. The Morgan fingerprint density at radius 1 is 1.05 bits per heavy atom. The van der Waals surface area contributed by atoms with Gasteiger partial charge < -0.3 is 10.6 Å². The largest absolute Gasteiger partial charge is 0.348 e. The quantitative estimate of drug-likeness (QED) is 0.891. The summed E-state index contributed by atoms with van der Waals surface area (Å²) in [5.74, 6) is -0.455. The summed E-state index contributed by atoms with van der Waals surface area (Å²) in [6.07, 6.45) is 0. The second-order valence-corrected chi connectivity index (χ2v) is 5.25. The third kappa shape index (κ3) is 4.45. The van der Waals surface area contributed by atoms with Crippen molar-refractivity contribution in [1.29, 1.82) is 0 Å². The van der Waals surface area contributed by atoms with E-state index in [1.807, 2.05) is 56.3 Å². The van der Waals surface area contributed by atoms with Crippen molar-refractivity contribution in [3.63, 3.8) is 0 Å². The van der Waals surface area contributed by atoms with Crippen LogP contribution in [0, 0.1) is 6.92 Å². The Balaban J connectivity index is 1.84. The summed E-state index contributed by atoms with van der Waals surface area (Å²) in [6, 6.07) is 16.9. The van der Waals surface area contributed by atoms with Gasteiger partial charge in [-0.05, 0) is 31.5 Å². The monoisotopic (exact) mass is 296 g/mol. The molecule has 0 aliphatic carbocycles. The standard InChI is InChI=1S/C18H20N2O2/c1-13-7-6-10-16(11-13)18(22)19-12-17(21)20-14(2)15-8-4-3-5-9-15/h3-11,14H,12H2,1-2H3,(H,19,22)(H,20,21). The first kappa shape index (κ1) is 15.8. The van der Waals surface area contributed by atoms with Crippen LogP contribution >= 0.6 is 0 Å². The maximum absolute atomic E-state index is 12.0. The molecular formula is C18H20N2O2. The molecular weight excluding hydrogens is 276 g/mol. The van der Waals surface area contributed by atoms with Crippen LogP contribution in [0.5, 0.6) is 0 Å². The SMILES string of the molecule is Cc1cccc(C(=O)NCC(=O)NC(C)c2ccccc2)c1. The van der Waals surface area contributed by atoms with E-state index in [0.29, 0.717) is 5.56 Å². The highest BCUT2D eigenvalue weighted by molar-refractivity contribution is 5.96. The van der Waals surface area contributed by atoms with Gasteiger partial charge in [0.1, 0.15) is 0 Å². The molecule has 2 amide bonds. The van der Waals surface area contributed by atoms with E-state index in [0.717, 1.165) is 11.1 Å². The zero-order valence-electron chi connectivity index (χ0n) is 12.8. The van der Waals surface area contributed by atoms with Gasteiger partial charge in [0.2, 0.25) is 5.91 Å². The third-order valence-electron chi connectivity index (χ3n) is 3.37. The fraction of sp³-hybridized carbons (Fsp3) is 0.222. The summed E-state index contributed by atoms with van der Waals surface area (Å²) in [4.78, 5) is 23.9. The number of aryl methyl sites for hydroxylation is 1. The Morgan fingerprint density at radius 2 is 1.77 bits per heavy atom. The highest BCUT2D eigenvalue weighted by atomic mass is 16.2. The first-order chi connectivity index (χ1) is 10.6. The maximum atomic E-state index is 12.0. The fourth-order valence-corrected chi connectivity index (χ4v) is 2.17. The van der Waals surface area contributed by atoms with Crippen molar-refractivity contribution in [3.8, 4) is 0 Å². The van der Waals surface area contributed by atoms with Crippen LogP contribution in [-0.4, -0.2) is 18.4 Å². The lowest BCUT2D eigenvalue weighted by atomic mass is 10.1. The number of hydrogen-bond donors (Lipinski definition) is 2. The van der Waals surface area contributed by atoms with Gasteiger partial charge in [-0.25, -0.2) is 0 Å². The first-order valence-electron chi connectivity index (χ1n) is 7.25. The lowest BCUT2D eigenvalue weighted by Crippen LogP contribution is -2.38. The zero-order valence-corrected chi connectivity index (χ0v) is 12.8. The minimum Gasteiger partial charge on any atom is -0.348 e. The third-order valence-corrected chi connectivity index (χ3v) is 3.37. The van der Waals surface area contributed by atoms with E-state index >= 15 is 0 Å². The van der Waals surface area contributed by atoms with Gasteiger partial charge in [-0.3, -0.25) is 9.59 Å². The molecule has 0 aromatic heterocycles. The van der Waals surface area contributed by atoms with E-state index in [2.05, 4.69) is 10.6 Å². The van der Waals surface area contributed by atoms with Crippen LogP contribution in [-0.2, 0) is 4.79 Å². The van der Waals surface area contributed by atoms with E-state index in [4.69, 9.17) is 0 Å². The molecule has 0 aliphatic rings. The molecule has 0 bridgehead atoms. The van der Waals surface area contributed by atoms with Crippen LogP contribution in [0.3, 0.4) is 0 Å². The van der Waals surface area contributed by atoms with Gasteiger partial charge in [0.15, 0.2) is 0 Å². The van der Waals surface area contributed by atoms with E-state index in [-0.39, 0.29) is 24.4 Å². The summed E-state index contributed by atoms with van der Waals surface area (Å²) in [5.41, 5.74) is 2.60. The van der Waals surface area contributed by atoms with Crippen molar-refractivity contribution in [3.05, 3.63) is 71.3 Å². The highest BCUT2D eigenvalue weighted by Gasteiger charge is 2.11. The molecule has 1 atom stereocenters. The number of benzene rings is 2. The van der Waals surface area contributed by atoms with Crippen molar-refractivity contribution >= 4 is 11.8 Å². The zero-order chi connectivity index (χ0) is 15.9. The minimum absolute atomic E-state index is 0.0377. The molecule has 0 saturated heterocycles. The van der Waals surface area contributed by atoms with Gasteiger partial charge in [-0.1, -0.05) is 48.0 Å². The van der Waals surface area contributed by atoms with Gasteiger partial charge in [0.05, 0.1) is 12.6 Å². The molecule has 2 aromatic rings. The number of amides is 2. The minimum atomic E-state index is -0.244. The summed E-state index contributed by atoms with van der Waals surface area (Å²) < 4.78 is 0. The van der Waals surface area contributed by atoms with Crippen molar-refractivity contribution in [2.45, 2.75) is 19.9 Å². The normalized spacial score (nSPS) is 11.5. The summed E-state index contributed by atoms with van der Waals surface area (Å²) in [6.45, 7) is 3.80. The molecule has 0 aliphatic heterocycles. The number of hydrogen-bond acceptors (Lipinski definition) is 2. The Kier molecular flexibility index (Phi) is 5.31. The van der Waals surface area contributed by atoms with Crippen LogP contribution in [0.1, 0.15) is 34.5 Å². The molecule has 2 N–H and O–H groups in total. The molecule has 0 radical (unpaired) electrons. The fourth-order valence-electron chi connectivity index (χ4n) is 2.17. The second-order valence-electron chi connectivity index (χ2n) is 5.25. The van der Waals surface area contributed by atoms with Crippen LogP contribution in [0.4, 0.5) is 0 Å². The number of rotatable bonds is 5. The molecule has 22 heavy (non-hydrogen) atoms. The second kappa shape index (κ2) is 7.41. The molecule has 114 valence electrons.